The molecule has 8 nitrogen and oxygen atoms in total. The molecule has 0 amide bonds. The van der Waals surface area contributed by atoms with Crippen LogP contribution in [0.2, 0.25) is 0 Å². The average molecular weight is 398 g/mol. The van der Waals surface area contributed by atoms with Crippen LogP contribution in [0.25, 0.3) is 0 Å². The standard InChI is InChI=1S/C18H26N2O6S/c1-27(24,25)20-9-7-18(23)6-8-19(11-15(18)12-20)10-14-4-2-3-5-16(14)26-13-17(21)22/h2-5,15,23H,6-13H2,1H3,(H,21,22)/t15-,18-/m1/s1. The van der Waals surface area contributed by atoms with Gasteiger partial charge in [0.2, 0.25) is 10.0 Å². The maximum atomic E-state index is 11.9. The lowest BCUT2D eigenvalue weighted by Gasteiger charge is -2.49. The predicted octanol–water partition coefficient (Wildman–Crippen LogP) is 0.368. The summed E-state index contributed by atoms with van der Waals surface area (Å²) in [5, 5.41) is 19.7. The number of fused-ring (bicyclic) bond motifs is 1. The van der Waals surface area contributed by atoms with Gasteiger partial charge in [0.15, 0.2) is 6.61 Å². The number of benzene rings is 1. The normalized spacial score (nSPS) is 27.1. The monoisotopic (exact) mass is 398 g/mol. The molecule has 0 saturated carbocycles. The van der Waals surface area contributed by atoms with Crippen molar-refractivity contribution in [2.45, 2.75) is 25.0 Å². The number of likely N-dealkylation sites (tertiary alicyclic amines) is 1. The van der Waals surface area contributed by atoms with E-state index in [1.165, 1.54) is 10.6 Å². The fraction of sp³-hybridized carbons (Fsp3) is 0.611. The molecule has 0 aromatic heterocycles. The SMILES string of the molecule is CS(=O)(=O)N1CC[C@]2(O)CCN(Cc3ccccc3OCC(=O)O)C[C@@H]2C1. The molecule has 0 radical (unpaired) electrons. The third-order valence-corrected chi connectivity index (χ3v) is 6.77. The van der Waals surface area contributed by atoms with E-state index in [2.05, 4.69) is 4.90 Å². The van der Waals surface area contributed by atoms with Crippen molar-refractivity contribution in [3.63, 3.8) is 0 Å². The molecule has 2 fully saturated rings. The number of aliphatic carboxylic acids is 1. The minimum Gasteiger partial charge on any atom is -0.482 e. The van der Waals surface area contributed by atoms with Crippen molar-refractivity contribution < 1.29 is 28.2 Å². The molecule has 0 unspecified atom stereocenters. The van der Waals surface area contributed by atoms with Crippen LogP contribution in [0.15, 0.2) is 24.3 Å². The first-order valence-corrected chi connectivity index (χ1v) is 10.8. The molecule has 9 heteroatoms. The summed E-state index contributed by atoms with van der Waals surface area (Å²) in [5.74, 6) is -0.653. The van der Waals surface area contributed by atoms with Crippen LogP contribution >= 0.6 is 0 Å². The molecule has 150 valence electrons. The van der Waals surface area contributed by atoms with Gasteiger partial charge in [-0.05, 0) is 18.9 Å². The van der Waals surface area contributed by atoms with Crippen molar-refractivity contribution in [1.29, 1.82) is 0 Å². The van der Waals surface area contributed by atoms with Crippen LogP contribution in [0.3, 0.4) is 0 Å². The summed E-state index contributed by atoms with van der Waals surface area (Å²) < 4.78 is 30.6. The molecule has 2 heterocycles. The highest BCUT2D eigenvalue weighted by Gasteiger charge is 2.46. The van der Waals surface area contributed by atoms with Crippen LogP contribution in [0.1, 0.15) is 18.4 Å². The molecule has 0 aliphatic carbocycles. The molecule has 3 rings (SSSR count). The van der Waals surface area contributed by atoms with Crippen molar-refractivity contribution >= 4 is 16.0 Å². The highest BCUT2D eigenvalue weighted by atomic mass is 32.2. The zero-order valence-corrected chi connectivity index (χ0v) is 16.2. The quantitative estimate of drug-likeness (QED) is 0.713. The Morgan fingerprint density at radius 1 is 1.26 bits per heavy atom. The number of carbonyl (C=O) groups is 1. The second kappa shape index (κ2) is 7.75. The van der Waals surface area contributed by atoms with Gasteiger partial charge in [-0.3, -0.25) is 4.90 Å². The van der Waals surface area contributed by atoms with Crippen molar-refractivity contribution in [1.82, 2.24) is 9.21 Å². The number of sulfonamides is 1. The van der Waals surface area contributed by atoms with E-state index in [4.69, 9.17) is 9.84 Å². The van der Waals surface area contributed by atoms with Gasteiger partial charge in [-0.2, -0.15) is 0 Å². The number of hydrogen-bond acceptors (Lipinski definition) is 6. The fourth-order valence-electron chi connectivity index (χ4n) is 3.94. The largest absolute Gasteiger partial charge is 0.482 e. The van der Waals surface area contributed by atoms with Gasteiger partial charge in [-0.1, -0.05) is 18.2 Å². The van der Waals surface area contributed by atoms with Gasteiger partial charge < -0.3 is 14.9 Å². The van der Waals surface area contributed by atoms with E-state index < -0.39 is 28.2 Å². The maximum absolute atomic E-state index is 11.9. The Hall–Kier alpha value is -1.68. The van der Waals surface area contributed by atoms with Gasteiger partial charge in [0.1, 0.15) is 5.75 Å². The Labute approximate surface area is 159 Å². The number of nitrogens with zero attached hydrogens (tertiary/aromatic N) is 2. The summed E-state index contributed by atoms with van der Waals surface area (Å²) in [4.78, 5) is 12.9. The number of para-hydroxylation sites is 1. The Kier molecular flexibility index (Phi) is 5.76. The Bertz CT molecular complexity index is 799. The topological polar surface area (TPSA) is 107 Å². The molecule has 2 aliphatic rings. The number of carboxylic acids is 1. The van der Waals surface area contributed by atoms with Crippen LogP contribution in [0, 0.1) is 5.92 Å². The lowest BCUT2D eigenvalue weighted by molar-refractivity contribution is -0.139. The number of ether oxygens (including phenoxy) is 1. The first-order valence-electron chi connectivity index (χ1n) is 9.00. The maximum Gasteiger partial charge on any atom is 0.341 e. The lowest BCUT2D eigenvalue weighted by Crippen LogP contribution is -2.60. The molecule has 2 aliphatic heterocycles. The number of rotatable bonds is 6. The molecule has 27 heavy (non-hydrogen) atoms. The summed E-state index contributed by atoms with van der Waals surface area (Å²) in [7, 11) is -3.27. The smallest absolute Gasteiger partial charge is 0.341 e. The van der Waals surface area contributed by atoms with Gasteiger partial charge in [0.05, 0.1) is 11.9 Å². The summed E-state index contributed by atoms with van der Waals surface area (Å²) in [6.07, 6.45) is 2.25. The van der Waals surface area contributed by atoms with Gasteiger partial charge in [-0.15, -0.1) is 0 Å². The summed E-state index contributed by atoms with van der Waals surface area (Å²) in [6.45, 7) is 2.11. The van der Waals surface area contributed by atoms with E-state index in [-0.39, 0.29) is 5.92 Å². The fourth-order valence-corrected chi connectivity index (χ4v) is 4.82. The minimum atomic E-state index is -3.27. The van der Waals surface area contributed by atoms with Gasteiger partial charge in [0.25, 0.3) is 0 Å². The third-order valence-electron chi connectivity index (χ3n) is 5.50. The van der Waals surface area contributed by atoms with Crippen molar-refractivity contribution in [2.24, 2.45) is 5.92 Å². The molecular weight excluding hydrogens is 372 g/mol. The van der Waals surface area contributed by atoms with E-state index in [0.717, 1.165) is 5.56 Å². The second-order valence-electron chi connectivity index (χ2n) is 7.45. The highest BCUT2D eigenvalue weighted by Crippen LogP contribution is 2.37. The molecule has 2 atom stereocenters. The first-order chi connectivity index (χ1) is 12.7. The predicted molar refractivity (Wildman–Crippen MR) is 98.9 cm³/mol. The molecule has 0 bridgehead atoms. The van der Waals surface area contributed by atoms with E-state index in [9.17, 15) is 18.3 Å². The third kappa shape index (κ3) is 4.78. The van der Waals surface area contributed by atoms with E-state index >= 15 is 0 Å². The highest BCUT2D eigenvalue weighted by molar-refractivity contribution is 7.88. The Morgan fingerprint density at radius 3 is 2.67 bits per heavy atom. The molecule has 1 aromatic carbocycles. The molecular formula is C18H26N2O6S. The number of piperidine rings is 2. The molecule has 2 N–H and O–H groups in total. The Balaban J connectivity index is 1.69. The molecule has 1 aromatic rings. The minimum absolute atomic E-state index is 0.151. The zero-order valence-electron chi connectivity index (χ0n) is 15.4. The summed E-state index contributed by atoms with van der Waals surface area (Å²) in [6, 6.07) is 7.29. The number of aliphatic hydroxyl groups is 1. The van der Waals surface area contributed by atoms with Crippen molar-refractivity contribution in [3.8, 4) is 5.75 Å². The Morgan fingerprint density at radius 2 is 1.96 bits per heavy atom. The molecule has 0 spiro atoms. The van der Waals surface area contributed by atoms with Crippen LogP contribution in [0.5, 0.6) is 5.75 Å². The van der Waals surface area contributed by atoms with E-state index in [1.54, 1.807) is 12.1 Å². The van der Waals surface area contributed by atoms with Crippen molar-refractivity contribution in [3.05, 3.63) is 29.8 Å². The van der Waals surface area contributed by atoms with Gasteiger partial charge >= 0.3 is 5.97 Å². The first kappa shape index (κ1) is 20.1. The van der Waals surface area contributed by atoms with E-state index in [0.29, 0.717) is 51.3 Å². The second-order valence-corrected chi connectivity index (χ2v) is 9.43. The van der Waals surface area contributed by atoms with Crippen LogP contribution < -0.4 is 4.74 Å². The zero-order chi connectivity index (χ0) is 19.7. The molecule has 2 saturated heterocycles. The van der Waals surface area contributed by atoms with Crippen LogP contribution in [-0.4, -0.2) is 78.4 Å². The summed E-state index contributed by atoms with van der Waals surface area (Å²) in [5.41, 5.74) is 0.0526. The van der Waals surface area contributed by atoms with E-state index in [1.807, 2.05) is 12.1 Å². The van der Waals surface area contributed by atoms with Crippen LogP contribution in [0.4, 0.5) is 0 Å². The van der Waals surface area contributed by atoms with Crippen molar-refractivity contribution in [2.75, 3.05) is 39.0 Å². The number of hydrogen-bond donors (Lipinski definition) is 2. The lowest BCUT2D eigenvalue weighted by atomic mass is 9.76. The number of carboxylic acid groups (broad SMARTS) is 1. The van der Waals surface area contributed by atoms with Gasteiger partial charge in [-0.25, -0.2) is 17.5 Å². The summed E-state index contributed by atoms with van der Waals surface area (Å²) >= 11 is 0. The van der Waals surface area contributed by atoms with Gasteiger partial charge in [0, 0.05) is 44.2 Å². The average Bonchev–Trinajstić information content (AvgIpc) is 2.60. The van der Waals surface area contributed by atoms with Crippen LogP contribution in [-0.2, 0) is 21.4 Å².